The monoisotopic (exact) mass is 267 g/mol. The highest BCUT2D eigenvalue weighted by molar-refractivity contribution is 7.15. The van der Waals surface area contributed by atoms with Gasteiger partial charge in [0.2, 0.25) is 0 Å². The van der Waals surface area contributed by atoms with Crippen molar-refractivity contribution in [2.75, 3.05) is 0 Å². The van der Waals surface area contributed by atoms with E-state index < -0.39 is 0 Å². The van der Waals surface area contributed by atoms with Crippen LogP contribution >= 0.6 is 22.9 Å². The van der Waals surface area contributed by atoms with Gasteiger partial charge < -0.3 is 4.74 Å². The minimum absolute atomic E-state index is 0.185. The van der Waals surface area contributed by atoms with Gasteiger partial charge >= 0.3 is 0 Å². The lowest BCUT2D eigenvalue weighted by Gasteiger charge is -2.04. The molecule has 2 aromatic rings. The second-order valence-corrected chi connectivity index (χ2v) is 5.03. The third-order valence-corrected chi connectivity index (χ3v) is 3.36. The van der Waals surface area contributed by atoms with Crippen LogP contribution in [0.4, 0.5) is 0 Å². The summed E-state index contributed by atoms with van der Waals surface area (Å²) in [6.07, 6.45) is 0.675. The Balaban J connectivity index is 2.27. The number of rotatable bonds is 3. The van der Waals surface area contributed by atoms with Crippen LogP contribution in [0.2, 0.25) is 5.15 Å². The first-order chi connectivity index (χ1) is 8.08. The number of aryl methyl sites for hydroxylation is 2. The summed E-state index contributed by atoms with van der Waals surface area (Å²) in [4.78, 5) is 15.0. The third-order valence-electron chi connectivity index (χ3n) is 2.10. The third kappa shape index (κ3) is 2.84. The standard InChI is InChI=1S/C12H10ClNO2S/c1-7-3-8(2)5-9(4-7)16-12-14-11(13)10(6-15)17-12/h3-6H,1-2H3. The Labute approximate surface area is 108 Å². The average Bonchev–Trinajstić information content (AvgIpc) is 2.57. The number of benzene rings is 1. The zero-order chi connectivity index (χ0) is 12.4. The molecule has 88 valence electrons. The summed E-state index contributed by atoms with van der Waals surface area (Å²) < 4.78 is 5.57. The molecule has 0 saturated heterocycles. The van der Waals surface area contributed by atoms with Gasteiger partial charge in [-0.05, 0) is 37.1 Å². The summed E-state index contributed by atoms with van der Waals surface area (Å²) in [6, 6.07) is 5.87. The van der Waals surface area contributed by atoms with Crippen molar-refractivity contribution in [3.8, 4) is 10.9 Å². The van der Waals surface area contributed by atoms with Crippen LogP contribution in [0.15, 0.2) is 18.2 Å². The van der Waals surface area contributed by atoms with Crippen LogP contribution in [0.3, 0.4) is 0 Å². The minimum Gasteiger partial charge on any atom is -0.431 e. The van der Waals surface area contributed by atoms with Crippen molar-refractivity contribution in [1.29, 1.82) is 0 Å². The molecule has 17 heavy (non-hydrogen) atoms. The lowest BCUT2D eigenvalue weighted by Crippen LogP contribution is -1.85. The second-order valence-electron chi connectivity index (χ2n) is 3.68. The summed E-state index contributed by atoms with van der Waals surface area (Å²) in [7, 11) is 0. The van der Waals surface area contributed by atoms with Crippen LogP contribution < -0.4 is 4.74 Å². The van der Waals surface area contributed by atoms with Gasteiger partial charge in [0.1, 0.15) is 10.6 Å². The maximum Gasteiger partial charge on any atom is 0.280 e. The van der Waals surface area contributed by atoms with E-state index in [9.17, 15) is 4.79 Å². The lowest BCUT2D eigenvalue weighted by atomic mass is 10.1. The fourth-order valence-corrected chi connectivity index (χ4v) is 2.43. The van der Waals surface area contributed by atoms with Gasteiger partial charge in [-0.15, -0.1) is 0 Å². The molecule has 0 spiro atoms. The molecule has 0 bridgehead atoms. The van der Waals surface area contributed by atoms with E-state index >= 15 is 0 Å². The predicted octanol–water partition coefficient (Wildman–Crippen LogP) is 4.02. The number of hydrogen-bond donors (Lipinski definition) is 0. The van der Waals surface area contributed by atoms with Gasteiger partial charge in [-0.2, -0.15) is 4.98 Å². The van der Waals surface area contributed by atoms with Crippen molar-refractivity contribution < 1.29 is 9.53 Å². The number of aldehydes is 1. The molecule has 1 heterocycles. The first-order valence-corrected chi connectivity index (χ1v) is 6.15. The number of halogens is 1. The van der Waals surface area contributed by atoms with Crippen molar-refractivity contribution in [2.45, 2.75) is 13.8 Å². The van der Waals surface area contributed by atoms with E-state index in [-0.39, 0.29) is 5.15 Å². The number of ether oxygens (including phenoxy) is 1. The molecule has 0 radical (unpaired) electrons. The highest BCUT2D eigenvalue weighted by Gasteiger charge is 2.10. The first kappa shape index (κ1) is 12.1. The highest BCUT2D eigenvalue weighted by Crippen LogP contribution is 2.31. The molecule has 0 saturated carbocycles. The van der Waals surface area contributed by atoms with Crippen LogP contribution in [-0.2, 0) is 0 Å². The van der Waals surface area contributed by atoms with Crippen LogP contribution in [0.1, 0.15) is 20.8 Å². The molecule has 0 aliphatic heterocycles. The average molecular weight is 268 g/mol. The molecule has 0 amide bonds. The normalized spacial score (nSPS) is 10.3. The summed E-state index contributed by atoms with van der Waals surface area (Å²) in [5.74, 6) is 0.699. The summed E-state index contributed by atoms with van der Waals surface area (Å²) >= 11 is 6.89. The van der Waals surface area contributed by atoms with Gasteiger partial charge in [-0.3, -0.25) is 4.79 Å². The fourth-order valence-electron chi connectivity index (χ4n) is 1.50. The van der Waals surface area contributed by atoms with Gasteiger partial charge in [0, 0.05) is 0 Å². The van der Waals surface area contributed by atoms with E-state index in [1.54, 1.807) is 0 Å². The molecule has 2 rings (SSSR count). The molecule has 1 aromatic heterocycles. The first-order valence-electron chi connectivity index (χ1n) is 4.96. The Morgan fingerprint density at radius 1 is 1.29 bits per heavy atom. The van der Waals surface area contributed by atoms with Crippen molar-refractivity contribution in [1.82, 2.24) is 4.98 Å². The van der Waals surface area contributed by atoms with E-state index in [0.717, 1.165) is 22.5 Å². The zero-order valence-electron chi connectivity index (χ0n) is 9.36. The van der Waals surface area contributed by atoms with Gasteiger partial charge in [-0.1, -0.05) is 29.0 Å². The molecular formula is C12H10ClNO2S. The number of hydrogen-bond acceptors (Lipinski definition) is 4. The summed E-state index contributed by atoms with van der Waals surface area (Å²) in [6.45, 7) is 3.98. The van der Waals surface area contributed by atoms with Crippen LogP contribution in [0, 0.1) is 13.8 Å². The Bertz CT molecular complexity index is 545. The van der Waals surface area contributed by atoms with E-state index in [0.29, 0.717) is 22.1 Å². The predicted molar refractivity (Wildman–Crippen MR) is 68.5 cm³/mol. The molecule has 0 aliphatic rings. The SMILES string of the molecule is Cc1cc(C)cc(Oc2nc(Cl)c(C=O)s2)c1. The molecule has 1 aromatic carbocycles. The van der Waals surface area contributed by atoms with Crippen LogP contribution in [0.5, 0.6) is 10.9 Å². The maximum atomic E-state index is 10.6. The molecular weight excluding hydrogens is 258 g/mol. The molecule has 0 aliphatic carbocycles. The minimum atomic E-state index is 0.185. The number of carbonyl (C=O) groups is 1. The molecule has 0 N–H and O–H groups in total. The summed E-state index contributed by atoms with van der Waals surface area (Å²) in [5, 5.41) is 0.562. The van der Waals surface area contributed by atoms with Crippen molar-refractivity contribution in [2.24, 2.45) is 0 Å². The van der Waals surface area contributed by atoms with Crippen molar-refractivity contribution in [3.63, 3.8) is 0 Å². The molecule has 0 atom stereocenters. The maximum absolute atomic E-state index is 10.6. The zero-order valence-corrected chi connectivity index (χ0v) is 10.9. The number of nitrogens with zero attached hydrogens (tertiary/aromatic N) is 1. The van der Waals surface area contributed by atoms with Gasteiger partial charge in [0.25, 0.3) is 5.19 Å². The lowest BCUT2D eigenvalue weighted by molar-refractivity contribution is 0.112. The Hall–Kier alpha value is -1.39. The van der Waals surface area contributed by atoms with Gasteiger partial charge in [0.05, 0.1) is 0 Å². The smallest absolute Gasteiger partial charge is 0.280 e. The van der Waals surface area contributed by atoms with Crippen LogP contribution in [-0.4, -0.2) is 11.3 Å². The molecule has 0 fully saturated rings. The van der Waals surface area contributed by atoms with E-state index in [4.69, 9.17) is 16.3 Å². The van der Waals surface area contributed by atoms with E-state index in [1.807, 2.05) is 26.0 Å². The second kappa shape index (κ2) is 4.85. The Morgan fingerprint density at radius 3 is 2.47 bits per heavy atom. The number of aromatic nitrogens is 1. The Kier molecular flexibility index (Phi) is 3.45. The fraction of sp³-hybridized carbons (Fsp3) is 0.167. The van der Waals surface area contributed by atoms with Gasteiger partial charge in [0.15, 0.2) is 11.4 Å². The quantitative estimate of drug-likeness (QED) is 0.789. The van der Waals surface area contributed by atoms with E-state index in [1.165, 1.54) is 0 Å². The highest BCUT2D eigenvalue weighted by atomic mass is 35.5. The molecule has 5 heteroatoms. The van der Waals surface area contributed by atoms with Gasteiger partial charge in [-0.25, -0.2) is 0 Å². The van der Waals surface area contributed by atoms with Crippen LogP contribution in [0.25, 0.3) is 0 Å². The molecule has 3 nitrogen and oxygen atoms in total. The summed E-state index contributed by atoms with van der Waals surface area (Å²) in [5.41, 5.74) is 2.22. The topological polar surface area (TPSA) is 39.2 Å². The number of thiazole rings is 1. The van der Waals surface area contributed by atoms with Crippen molar-refractivity contribution in [3.05, 3.63) is 39.4 Å². The molecule has 0 unspecified atom stereocenters. The Morgan fingerprint density at radius 2 is 1.94 bits per heavy atom. The largest absolute Gasteiger partial charge is 0.431 e. The van der Waals surface area contributed by atoms with Crippen molar-refractivity contribution >= 4 is 29.2 Å². The van der Waals surface area contributed by atoms with E-state index in [2.05, 4.69) is 11.1 Å². The number of carbonyl (C=O) groups excluding carboxylic acids is 1.